The summed E-state index contributed by atoms with van der Waals surface area (Å²) in [6, 6.07) is 18.1. The summed E-state index contributed by atoms with van der Waals surface area (Å²) in [7, 11) is -2.29. The van der Waals surface area contributed by atoms with E-state index in [1.807, 2.05) is 54.9 Å². The summed E-state index contributed by atoms with van der Waals surface area (Å²) in [4.78, 5) is 27.0. The number of piperazine rings is 1. The molecular weight excluding hydrogens is 483 g/mol. The van der Waals surface area contributed by atoms with Crippen LogP contribution in [0.15, 0.2) is 73.3 Å². The SMILES string of the molecule is C[C@@H]1CN(c2ncnc(Nc3ccc(P(C)(C)=O)cc3)n2)CCN1c1ncc(Cc2ccccc2)cn1. The highest BCUT2D eigenvalue weighted by Crippen LogP contribution is 2.34. The second-order valence-corrected chi connectivity index (χ2v) is 12.9. The lowest BCUT2D eigenvalue weighted by atomic mass is 10.1. The molecule has 9 nitrogen and oxygen atoms in total. The third-order valence-corrected chi connectivity index (χ3v) is 7.96. The summed E-state index contributed by atoms with van der Waals surface area (Å²) in [6.45, 7) is 7.96. The van der Waals surface area contributed by atoms with Crippen LogP contribution >= 0.6 is 7.14 Å². The molecule has 0 amide bonds. The Morgan fingerprint density at radius 3 is 2.30 bits per heavy atom. The molecule has 0 unspecified atom stereocenters. The van der Waals surface area contributed by atoms with E-state index in [0.717, 1.165) is 48.6 Å². The second kappa shape index (κ2) is 10.6. The van der Waals surface area contributed by atoms with Gasteiger partial charge in [-0.3, -0.25) is 0 Å². The lowest BCUT2D eigenvalue weighted by Crippen LogP contribution is -2.53. The third kappa shape index (κ3) is 6.12. The standard InChI is InChI=1S/C27H31N8OP/c1-20-18-34(13-14-35(20)26-28-16-22(17-29-26)15-21-7-5-4-6-8-21)27-31-19-30-25(33-27)32-23-9-11-24(12-10-23)37(2,3)36/h4-12,16-17,19-20H,13-15,18H2,1-3H3,(H,30,31,32,33)/t20-/m1/s1. The van der Waals surface area contributed by atoms with Gasteiger partial charge in [0, 0.05) is 55.5 Å². The van der Waals surface area contributed by atoms with Gasteiger partial charge in [-0.05, 0) is 55.6 Å². The summed E-state index contributed by atoms with van der Waals surface area (Å²) < 4.78 is 12.3. The zero-order valence-electron chi connectivity index (χ0n) is 21.3. The Balaban J connectivity index is 1.21. The fourth-order valence-electron chi connectivity index (χ4n) is 4.39. The predicted octanol–water partition coefficient (Wildman–Crippen LogP) is 3.96. The van der Waals surface area contributed by atoms with Gasteiger partial charge in [-0.15, -0.1) is 0 Å². The maximum Gasteiger partial charge on any atom is 0.231 e. The molecule has 1 N–H and O–H groups in total. The minimum absolute atomic E-state index is 0.188. The van der Waals surface area contributed by atoms with Crippen LogP contribution in [0.2, 0.25) is 0 Å². The van der Waals surface area contributed by atoms with E-state index in [2.05, 4.69) is 59.1 Å². The summed E-state index contributed by atoms with van der Waals surface area (Å²) >= 11 is 0. The Hall–Kier alpha value is -3.84. The van der Waals surface area contributed by atoms with Gasteiger partial charge in [-0.25, -0.2) is 19.9 Å². The monoisotopic (exact) mass is 514 g/mol. The number of nitrogens with one attached hydrogen (secondary N) is 1. The fraction of sp³-hybridized carbons (Fsp3) is 0.296. The summed E-state index contributed by atoms with van der Waals surface area (Å²) in [5, 5.41) is 4.07. The molecular formula is C27H31N8OP. The van der Waals surface area contributed by atoms with Crippen molar-refractivity contribution in [3.63, 3.8) is 0 Å². The van der Waals surface area contributed by atoms with Crippen LogP contribution < -0.4 is 20.4 Å². The van der Waals surface area contributed by atoms with Crippen LogP contribution in [0, 0.1) is 0 Å². The van der Waals surface area contributed by atoms with Crippen LogP contribution in [0.5, 0.6) is 0 Å². The van der Waals surface area contributed by atoms with Crippen molar-refractivity contribution in [3.8, 4) is 0 Å². The van der Waals surface area contributed by atoms with E-state index >= 15 is 0 Å². The van der Waals surface area contributed by atoms with Gasteiger partial charge in [0.2, 0.25) is 17.8 Å². The van der Waals surface area contributed by atoms with Gasteiger partial charge >= 0.3 is 0 Å². The maximum absolute atomic E-state index is 12.3. The highest BCUT2D eigenvalue weighted by molar-refractivity contribution is 7.70. The van der Waals surface area contributed by atoms with Crippen molar-refractivity contribution in [3.05, 3.63) is 84.4 Å². The Morgan fingerprint density at radius 1 is 0.892 bits per heavy atom. The van der Waals surface area contributed by atoms with Gasteiger partial charge < -0.3 is 19.7 Å². The normalized spacial score (nSPS) is 16.0. The maximum atomic E-state index is 12.3. The molecule has 0 radical (unpaired) electrons. The molecule has 1 fully saturated rings. The highest BCUT2D eigenvalue weighted by Gasteiger charge is 2.27. The summed E-state index contributed by atoms with van der Waals surface area (Å²) in [6.07, 6.45) is 6.19. The summed E-state index contributed by atoms with van der Waals surface area (Å²) in [5.74, 6) is 1.85. The minimum atomic E-state index is -2.29. The molecule has 0 aliphatic carbocycles. The largest absolute Gasteiger partial charge is 0.337 e. The Bertz CT molecular complexity index is 1380. The van der Waals surface area contributed by atoms with Crippen LogP contribution in [0.25, 0.3) is 0 Å². The number of anilines is 4. The van der Waals surface area contributed by atoms with Gasteiger partial charge in [-0.2, -0.15) is 4.98 Å². The highest BCUT2D eigenvalue weighted by atomic mass is 31.2. The molecule has 0 saturated carbocycles. The van der Waals surface area contributed by atoms with E-state index in [0.29, 0.717) is 11.9 Å². The molecule has 10 heteroatoms. The smallest absolute Gasteiger partial charge is 0.231 e. The number of hydrogen-bond acceptors (Lipinski definition) is 9. The Labute approximate surface area is 217 Å². The van der Waals surface area contributed by atoms with Crippen LogP contribution in [0.1, 0.15) is 18.1 Å². The average molecular weight is 515 g/mol. The first-order chi connectivity index (χ1) is 17.8. The second-order valence-electron chi connectivity index (χ2n) is 9.67. The Morgan fingerprint density at radius 2 is 1.62 bits per heavy atom. The molecule has 3 heterocycles. The molecule has 190 valence electrons. The lowest BCUT2D eigenvalue weighted by Gasteiger charge is -2.39. The quantitative estimate of drug-likeness (QED) is 0.367. The van der Waals surface area contributed by atoms with Crippen molar-refractivity contribution in [2.24, 2.45) is 0 Å². The van der Waals surface area contributed by atoms with Crippen LogP contribution in [-0.4, -0.2) is 63.9 Å². The molecule has 0 spiro atoms. The lowest BCUT2D eigenvalue weighted by molar-refractivity contribution is 0.533. The molecule has 0 bridgehead atoms. The van der Waals surface area contributed by atoms with E-state index in [1.54, 1.807) is 13.3 Å². The molecule has 1 aliphatic rings. The predicted molar refractivity (Wildman–Crippen MR) is 149 cm³/mol. The molecule has 1 atom stereocenters. The van der Waals surface area contributed by atoms with Crippen LogP contribution in [0.4, 0.5) is 23.5 Å². The van der Waals surface area contributed by atoms with Crippen molar-refractivity contribution < 1.29 is 4.57 Å². The van der Waals surface area contributed by atoms with Gasteiger partial charge in [0.15, 0.2) is 0 Å². The van der Waals surface area contributed by atoms with E-state index in [4.69, 9.17) is 0 Å². The summed E-state index contributed by atoms with van der Waals surface area (Å²) in [5.41, 5.74) is 3.18. The third-order valence-electron chi connectivity index (χ3n) is 6.41. The Kier molecular flexibility index (Phi) is 7.15. The zero-order valence-corrected chi connectivity index (χ0v) is 22.2. The number of benzene rings is 2. The van der Waals surface area contributed by atoms with Gasteiger partial charge in [0.25, 0.3) is 0 Å². The number of nitrogens with zero attached hydrogens (tertiary/aromatic N) is 7. The van der Waals surface area contributed by atoms with Crippen molar-refractivity contribution in [2.75, 3.05) is 48.1 Å². The fourth-order valence-corrected chi connectivity index (χ4v) is 5.26. The van der Waals surface area contributed by atoms with E-state index in [-0.39, 0.29) is 6.04 Å². The molecule has 1 saturated heterocycles. The van der Waals surface area contributed by atoms with Crippen LogP contribution in [-0.2, 0) is 11.0 Å². The molecule has 2 aromatic carbocycles. The van der Waals surface area contributed by atoms with Crippen molar-refractivity contribution in [1.29, 1.82) is 0 Å². The number of rotatable bonds is 7. The van der Waals surface area contributed by atoms with E-state index in [9.17, 15) is 4.57 Å². The van der Waals surface area contributed by atoms with Crippen molar-refractivity contribution in [1.82, 2.24) is 24.9 Å². The zero-order chi connectivity index (χ0) is 25.8. The first kappa shape index (κ1) is 24.8. The number of hydrogen-bond donors (Lipinski definition) is 1. The topological polar surface area (TPSA) is 100 Å². The molecule has 4 aromatic rings. The molecule has 1 aliphatic heterocycles. The van der Waals surface area contributed by atoms with Gasteiger partial charge in [-0.1, -0.05) is 30.3 Å². The van der Waals surface area contributed by atoms with Gasteiger partial charge in [0.1, 0.15) is 13.5 Å². The van der Waals surface area contributed by atoms with Crippen molar-refractivity contribution in [2.45, 2.75) is 19.4 Å². The van der Waals surface area contributed by atoms with E-state index in [1.165, 1.54) is 11.9 Å². The molecule has 2 aromatic heterocycles. The first-order valence-corrected chi connectivity index (χ1v) is 14.9. The number of aromatic nitrogens is 5. The first-order valence-electron chi connectivity index (χ1n) is 12.3. The average Bonchev–Trinajstić information content (AvgIpc) is 2.90. The van der Waals surface area contributed by atoms with Crippen LogP contribution in [0.3, 0.4) is 0 Å². The molecule has 5 rings (SSSR count). The van der Waals surface area contributed by atoms with E-state index < -0.39 is 7.14 Å². The molecule has 37 heavy (non-hydrogen) atoms. The van der Waals surface area contributed by atoms with Crippen molar-refractivity contribution >= 4 is 36.0 Å². The van der Waals surface area contributed by atoms with Gasteiger partial charge in [0.05, 0.1) is 0 Å². The minimum Gasteiger partial charge on any atom is -0.337 e.